The fourth-order valence-electron chi connectivity index (χ4n) is 5.37. The van der Waals surface area contributed by atoms with Gasteiger partial charge in [0.15, 0.2) is 6.17 Å². The van der Waals surface area contributed by atoms with E-state index in [4.69, 9.17) is 15.2 Å². The van der Waals surface area contributed by atoms with Crippen molar-refractivity contribution in [2.75, 3.05) is 75.5 Å². The molecule has 0 radical (unpaired) electrons. The number of hydrogen-bond donors (Lipinski definition) is 3. The number of hydrogen-bond acceptors (Lipinski definition) is 10. The highest BCUT2D eigenvalue weighted by Gasteiger charge is 2.40. The molecule has 0 spiro atoms. The number of morpholine rings is 2. The third-order valence-electron chi connectivity index (χ3n) is 7.53. The number of hydrazone groups is 1. The van der Waals surface area contributed by atoms with E-state index in [1.165, 1.54) is 6.07 Å². The van der Waals surface area contributed by atoms with Gasteiger partial charge in [0, 0.05) is 55.7 Å². The predicted molar refractivity (Wildman–Crippen MR) is 149 cm³/mol. The lowest BCUT2D eigenvalue weighted by Crippen LogP contribution is -2.43. The van der Waals surface area contributed by atoms with E-state index in [1.807, 2.05) is 43.1 Å². The number of carbonyl (C=O) groups excluding carboxylic acids is 1. The number of ether oxygens (including phenoxy) is 2. The average Bonchev–Trinajstić information content (AvgIpc) is 3.32. The molecule has 1 amide bonds. The van der Waals surface area contributed by atoms with Gasteiger partial charge in [-0.15, -0.1) is 0 Å². The summed E-state index contributed by atoms with van der Waals surface area (Å²) in [6.45, 7) is 11.2. The number of primary amides is 1. The molecule has 11 nitrogen and oxygen atoms in total. The maximum absolute atomic E-state index is 12.7. The van der Waals surface area contributed by atoms with Crippen LogP contribution in [0.4, 0.5) is 11.4 Å². The number of anilines is 2. The van der Waals surface area contributed by atoms with Gasteiger partial charge in [0.05, 0.1) is 33.0 Å². The van der Waals surface area contributed by atoms with Gasteiger partial charge >= 0.3 is 0 Å². The highest BCUT2D eigenvalue weighted by atomic mass is 16.5. The summed E-state index contributed by atoms with van der Waals surface area (Å²) >= 11 is 0. The third-order valence-corrected chi connectivity index (χ3v) is 7.53. The lowest BCUT2D eigenvalue weighted by atomic mass is 9.97. The van der Waals surface area contributed by atoms with Crippen molar-refractivity contribution in [3.8, 4) is 11.5 Å². The lowest BCUT2D eigenvalue weighted by molar-refractivity contribution is -0.112. The molecule has 3 aliphatic rings. The van der Waals surface area contributed by atoms with Gasteiger partial charge in [-0.3, -0.25) is 19.6 Å². The second kappa shape index (κ2) is 11.7. The van der Waals surface area contributed by atoms with Crippen LogP contribution in [-0.2, 0) is 14.3 Å². The molecule has 2 aromatic carbocycles. The molecule has 210 valence electrons. The van der Waals surface area contributed by atoms with Crippen molar-refractivity contribution in [2.24, 2.45) is 10.8 Å². The second-order valence-electron chi connectivity index (χ2n) is 10.4. The van der Waals surface area contributed by atoms with Crippen LogP contribution in [0.5, 0.6) is 11.5 Å². The van der Waals surface area contributed by atoms with E-state index in [-0.39, 0.29) is 23.3 Å². The largest absolute Gasteiger partial charge is 0.508 e. The van der Waals surface area contributed by atoms with E-state index < -0.39 is 12.1 Å². The minimum absolute atomic E-state index is 0.0188. The first kappa shape index (κ1) is 27.0. The Morgan fingerprint density at radius 1 is 0.949 bits per heavy atom. The van der Waals surface area contributed by atoms with Crippen molar-refractivity contribution in [3.63, 3.8) is 0 Å². The van der Waals surface area contributed by atoms with Crippen LogP contribution in [-0.4, -0.2) is 97.6 Å². The molecule has 3 aliphatic heterocycles. The van der Waals surface area contributed by atoms with E-state index >= 15 is 0 Å². The van der Waals surface area contributed by atoms with Crippen molar-refractivity contribution in [2.45, 2.75) is 25.9 Å². The second-order valence-corrected chi connectivity index (χ2v) is 10.4. The van der Waals surface area contributed by atoms with Crippen LogP contribution >= 0.6 is 0 Å². The van der Waals surface area contributed by atoms with Gasteiger partial charge in [-0.1, -0.05) is 13.8 Å². The molecule has 0 aliphatic carbocycles. The molecule has 2 aromatic rings. The summed E-state index contributed by atoms with van der Waals surface area (Å²) in [5, 5.41) is 28.1. The Bertz CT molecular complexity index is 1190. The van der Waals surface area contributed by atoms with E-state index in [0.29, 0.717) is 50.6 Å². The van der Waals surface area contributed by atoms with Crippen LogP contribution in [0.1, 0.15) is 37.1 Å². The Kier molecular flexibility index (Phi) is 8.10. The predicted octanol–water partition coefficient (Wildman–Crippen LogP) is 2.01. The third kappa shape index (κ3) is 5.75. The number of nitrogens with two attached hydrogens (primary N) is 1. The first-order valence-electron chi connectivity index (χ1n) is 13.6. The van der Waals surface area contributed by atoms with E-state index in [0.717, 1.165) is 37.6 Å². The van der Waals surface area contributed by atoms with Crippen LogP contribution in [0, 0.1) is 0 Å². The maximum Gasteiger partial charge on any atom is 0.286 e. The Hall–Kier alpha value is -3.54. The van der Waals surface area contributed by atoms with Crippen molar-refractivity contribution in [1.82, 2.24) is 9.91 Å². The van der Waals surface area contributed by atoms with Gasteiger partial charge in [-0.25, -0.2) is 0 Å². The Morgan fingerprint density at radius 2 is 1.56 bits per heavy atom. The number of phenolic OH excluding ortho intramolecular Hbond substituents is 2. The van der Waals surface area contributed by atoms with Gasteiger partial charge in [0.2, 0.25) is 5.84 Å². The van der Waals surface area contributed by atoms with Gasteiger partial charge in [0.25, 0.3) is 5.91 Å². The number of nitrogens with zero attached hydrogens (tertiary/aromatic N) is 5. The zero-order valence-corrected chi connectivity index (χ0v) is 22.6. The normalized spacial score (nSPS) is 20.5. The molecule has 1 atom stereocenters. The molecule has 5 rings (SSSR count). The van der Waals surface area contributed by atoms with Gasteiger partial charge in [0.1, 0.15) is 11.5 Å². The van der Waals surface area contributed by atoms with E-state index in [2.05, 4.69) is 14.9 Å². The molecule has 39 heavy (non-hydrogen) atoms. The van der Waals surface area contributed by atoms with Crippen LogP contribution in [0.2, 0.25) is 0 Å². The van der Waals surface area contributed by atoms with Crippen molar-refractivity contribution < 1.29 is 24.5 Å². The summed E-state index contributed by atoms with van der Waals surface area (Å²) in [5.74, 6) is -0.589. The van der Waals surface area contributed by atoms with Crippen LogP contribution < -0.4 is 15.5 Å². The van der Waals surface area contributed by atoms with E-state index in [1.54, 1.807) is 11.0 Å². The number of rotatable bonds is 8. The van der Waals surface area contributed by atoms with Gasteiger partial charge in [-0.2, -0.15) is 5.10 Å². The monoisotopic (exact) mass is 538 g/mol. The number of aromatic hydroxyl groups is 2. The highest BCUT2D eigenvalue weighted by Crippen LogP contribution is 2.43. The van der Waals surface area contributed by atoms with Crippen LogP contribution in [0.3, 0.4) is 0 Å². The molecule has 4 N–H and O–H groups in total. The summed E-state index contributed by atoms with van der Waals surface area (Å²) in [4.78, 5) is 19.0. The SMILES string of the molecule is CC(C)c1cc(C2N(CCN3CCOCC3)N=C(C(N)=O)N2c2ccc(N3CCOCC3)cc2)c(O)cc1O. The molecule has 2 fully saturated rings. The summed E-state index contributed by atoms with van der Waals surface area (Å²) in [5.41, 5.74) is 8.89. The Labute approximate surface area is 229 Å². The first-order chi connectivity index (χ1) is 18.8. The molecule has 0 saturated carbocycles. The zero-order chi connectivity index (χ0) is 27.5. The molecule has 0 bridgehead atoms. The Morgan fingerprint density at radius 3 is 2.18 bits per heavy atom. The summed E-state index contributed by atoms with van der Waals surface area (Å²) in [6, 6.07) is 11.1. The van der Waals surface area contributed by atoms with Gasteiger partial charge < -0.3 is 30.3 Å². The smallest absolute Gasteiger partial charge is 0.286 e. The molecule has 1 unspecified atom stereocenters. The van der Waals surface area contributed by atoms with E-state index in [9.17, 15) is 15.0 Å². The first-order valence-corrected chi connectivity index (χ1v) is 13.6. The zero-order valence-electron chi connectivity index (χ0n) is 22.6. The number of benzene rings is 2. The maximum atomic E-state index is 12.7. The number of amides is 1. The van der Waals surface area contributed by atoms with Crippen molar-refractivity contribution >= 4 is 23.1 Å². The van der Waals surface area contributed by atoms with Crippen molar-refractivity contribution in [3.05, 3.63) is 47.5 Å². The fraction of sp³-hybridized carbons (Fsp3) is 0.500. The quantitative estimate of drug-likeness (QED) is 0.463. The topological polar surface area (TPSA) is 127 Å². The van der Waals surface area contributed by atoms with Gasteiger partial charge in [-0.05, 0) is 41.8 Å². The standard InChI is InChI=1S/C28H38N6O5/c1-19(2)22-17-23(25(36)18-24(22)35)28-33(8-7-31-9-13-38-14-10-31)30-27(26(29)37)34(28)21-5-3-20(4-6-21)32-11-15-39-16-12-32/h3-6,17-19,28,35-36H,7-16H2,1-2H3,(H2,29,37). The summed E-state index contributed by atoms with van der Waals surface area (Å²) < 4.78 is 11.0. The molecule has 11 heteroatoms. The molecular weight excluding hydrogens is 500 g/mol. The van der Waals surface area contributed by atoms with Crippen LogP contribution in [0.25, 0.3) is 0 Å². The number of amidine groups is 1. The molecule has 3 heterocycles. The van der Waals surface area contributed by atoms with Crippen molar-refractivity contribution in [1.29, 1.82) is 0 Å². The fourth-order valence-corrected chi connectivity index (χ4v) is 5.37. The minimum Gasteiger partial charge on any atom is -0.508 e. The molecule has 2 saturated heterocycles. The minimum atomic E-state index is -0.659. The molecular formula is C28H38N6O5. The Balaban J connectivity index is 1.53. The van der Waals surface area contributed by atoms with Crippen LogP contribution in [0.15, 0.2) is 41.5 Å². The summed E-state index contributed by atoms with van der Waals surface area (Å²) in [7, 11) is 0. The summed E-state index contributed by atoms with van der Waals surface area (Å²) in [6.07, 6.45) is -0.638. The highest BCUT2D eigenvalue weighted by molar-refractivity contribution is 6.43. The number of carbonyl (C=O) groups is 1. The number of phenols is 2. The lowest BCUT2D eigenvalue weighted by Gasteiger charge is -2.35. The molecule has 0 aromatic heterocycles. The average molecular weight is 539 g/mol.